The first kappa shape index (κ1) is 17.3. The molecule has 92 valence electrons. The molecule has 2 atom stereocenters. The highest BCUT2D eigenvalue weighted by atomic mass is 35.5. The van der Waals surface area contributed by atoms with Crippen LogP contribution in [0.5, 0.6) is 0 Å². The number of aliphatic hydroxyl groups is 2. The number of rotatable bonds is 7. The average Bonchev–Trinajstić information content (AvgIpc) is 2.12. The van der Waals surface area contributed by atoms with Gasteiger partial charge in [0.1, 0.15) is 12.1 Å². The lowest BCUT2D eigenvalue weighted by Crippen LogP contribution is -3.00. The summed E-state index contributed by atoms with van der Waals surface area (Å²) in [6.07, 6.45) is 3.15. The molecule has 15 heavy (non-hydrogen) atoms. The van der Waals surface area contributed by atoms with Crippen LogP contribution in [0.3, 0.4) is 0 Å². The van der Waals surface area contributed by atoms with Gasteiger partial charge in [0.25, 0.3) is 0 Å². The second-order valence-electron chi connectivity index (χ2n) is 4.36. The van der Waals surface area contributed by atoms with Gasteiger partial charge in [0.05, 0.1) is 27.2 Å². The van der Waals surface area contributed by atoms with Crippen LogP contribution in [0.1, 0.15) is 19.8 Å². The summed E-state index contributed by atoms with van der Waals surface area (Å²) in [5, 5.41) is 18.7. The van der Waals surface area contributed by atoms with Gasteiger partial charge >= 0.3 is 0 Å². The molecule has 0 saturated heterocycles. The first-order valence-electron chi connectivity index (χ1n) is 5.22. The summed E-state index contributed by atoms with van der Waals surface area (Å²) < 4.78 is 0.680. The van der Waals surface area contributed by atoms with Crippen molar-refractivity contribution in [2.45, 2.75) is 31.9 Å². The molecule has 2 N–H and O–H groups in total. The SMILES string of the molecule is C=CC[N+](C)(C)C(CCC)C(O)CO.[Cl-]. The summed E-state index contributed by atoms with van der Waals surface area (Å²) >= 11 is 0. The Balaban J connectivity index is 0. The van der Waals surface area contributed by atoms with E-state index in [0.717, 1.165) is 19.4 Å². The van der Waals surface area contributed by atoms with Crippen LogP contribution >= 0.6 is 0 Å². The minimum atomic E-state index is -0.634. The molecule has 0 rings (SSSR count). The highest BCUT2D eigenvalue weighted by Crippen LogP contribution is 2.16. The normalized spacial score (nSPS) is 15.3. The molecule has 3 nitrogen and oxygen atoms in total. The number of quaternary nitrogens is 1. The number of aliphatic hydroxyl groups excluding tert-OH is 2. The molecule has 0 aromatic heterocycles. The van der Waals surface area contributed by atoms with Crippen molar-refractivity contribution in [3.8, 4) is 0 Å². The van der Waals surface area contributed by atoms with Crippen molar-refractivity contribution >= 4 is 0 Å². The number of hydrogen-bond donors (Lipinski definition) is 2. The average molecular weight is 238 g/mol. The van der Waals surface area contributed by atoms with Crippen LogP contribution in [-0.2, 0) is 0 Å². The molecule has 0 spiro atoms. The van der Waals surface area contributed by atoms with Crippen LogP contribution < -0.4 is 12.4 Å². The molecular weight excluding hydrogens is 214 g/mol. The van der Waals surface area contributed by atoms with Crippen molar-refractivity contribution in [2.24, 2.45) is 0 Å². The molecule has 0 amide bonds. The Bertz CT molecular complexity index is 174. The maximum atomic E-state index is 9.71. The van der Waals surface area contributed by atoms with E-state index in [1.165, 1.54) is 0 Å². The summed E-state index contributed by atoms with van der Waals surface area (Å²) in [6.45, 7) is 6.45. The summed E-state index contributed by atoms with van der Waals surface area (Å²) in [4.78, 5) is 0. The summed E-state index contributed by atoms with van der Waals surface area (Å²) in [7, 11) is 4.11. The molecule has 0 fully saturated rings. The Hall–Kier alpha value is -0.0900. The highest BCUT2D eigenvalue weighted by molar-refractivity contribution is 4.72. The predicted octanol–water partition coefficient (Wildman–Crippen LogP) is -2.23. The molecule has 4 heteroatoms. The van der Waals surface area contributed by atoms with E-state index >= 15 is 0 Å². The van der Waals surface area contributed by atoms with Gasteiger partial charge in [0, 0.05) is 6.42 Å². The van der Waals surface area contributed by atoms with Crippen molar-refractivity contribution in [1.29, 1.82) is 0 Å². The van der Waals surface area contributed by atoms with Crippen molar-refractivity contribution in [2.75, 3.05) is 27.2 Å². The standard InChI is InChI=1S/C11H24NO2.ClH/c1-5-7-10(11(14)9-13)12(3,4)8-6-2;/h6,10-11,13-14H,2,5,7-9H2,1,3-4H3;1H/q+1;/p-1. The molecular formula is C11H24ClNO2. The topological polar surface area (TPSA) is 40.5 Å². The third-order valence-electron chi connectivity index (χ3n) is 2.71. The Morgan fingerprint density at radius 2 is 1.93 bits per heavy atom. The third kappa shape index (κ3) is 5.52. The van der Waals surface area contributed by atoms with Gasteiger partial charge < -0.3 is 27.1 Å². The third-order valence-corrected chi connectivity index (χ3v) is 2.71. The first-order valence-corrected chi connectivity index (χ1v) is 5.22. The van der Waals surface area contributed by atoms with Crippen LogP contribution in [0, 0.1) is 0 Å². The summed E-state index contributed by atoms with van der Waals surface area (Å²) in [5.41, 5.74) is 0. The van der Waals surface area contributed by atoms with Gasteiger partial charge in [-0.3, -0.25) is 0 Å². The van der Waals surface area contributed by atoms with Gasteiger partial charge in [-0.05, 0) is 6.08 Å². The van der Waals surface area contributed by atoms with E-state index in [0.29, 0.717) is 4.48 Å². The lowest BCUT2D eigenvalue weighted by atomic mass is 10.0. The maximum Gasteiger partial charge on any atom is 0.129 e. The fraction of sp³-hybridized carbons (Fsp3) is 0.818. The molecule has 0 aromatic carbocycles. The molecule has 0 heterocycles. The van der Waals surface area contributed by atoms with E-state index < -0.39 is 6.10 Å². The van der Waals surface area contributed by atoms with E-state index in [2.05, 4.69) is 27.6 Å². The molecule has 0 saturated carbocycles. The van der Waals surface area contributed by atoms with Gasteiger partial charge in [0.2, 0.25) is 0 Å². The number of nitrogens with zero attached hydrogens (tertiary/aromatic N) is 1. The van der Waals surface area contributed by atoms with Crippen molar-refractivity contribution in [1.82, 2.24) is 0 Å². The fourth-order valence-corrected chi connectivity index (χ4v) is 1.89. The zero-order valence-corrected chi connectivity index (χ0v) is 10.7. The van der Waals surface area contributed by atoms with E-state index in [1.54, 1.807) is 0 Å². The van der Waals surface area contributed by atoms with E-state index in [9.17, 15) is 5.11 Å². The number of hydrogen-bond acceptors (Lipinski definition) is 2. The second-order valence-corrected chi connectivity index (χ2v) is 4.36. The fourth-order valence-electron chi connectivity index (χ4n) is 1.89. The van der Waals surface area contributed by atoms with Gasteiger partial charge in [-0.15, -0.1) is 0 Å². The number of halogens is 1. The van der Waals surface area contributed by atoms with Crippen LogP contribution in [0.25, 0.3) is 0 Å². The minimum Gasteiger partial charge on any atom is -1.00 e. The van der Waals surface area contributed by atoms with Gasteiger partial charge in [-0.25, -0.2) is 0 Å². The quantitative estimate of drug-likeness (QED) is 0.389. The highest BCUT2D eigenvalue weighted by Gasteiger charge is 2.32. The van der Waals surface area contributed by atoms with E-state index in [-0.39, 0.29) is 25.1 Å². The monoisotopic (exact) mass is 237 g/mol. The Morgan fingerprint density at radius 3 is 2.27 bits per heavy atom. The molecule has 0 aliphatic heterocycles. The first-order chi connectivity index (χ1) is 6.49. The van der Waals surface area contributed by atoms with Gasteiger partial charge in [-0.1, -0.05) is 19.9 Å². The van der Waals surface area contributed by atoms with Crippen molar-refractivity contribution in [3.05, 3.63) is 12.7 Å². The Labute approximate surface area is 99.4 Å². The Kier molecular flexibility index (Phi) is 9.36. The molecule has 0 radical (unpaired) electrons. The lowest BCUT2D eigenvalue weighted by molar-refractivity contribution is -0.913. The smallest absolute Gasteiger partial charge is 0.129 e. The van der Waals surface area contributed by atoms with Crippen molar-refractivity contribution < 1.29 is 27.1 Å². The summed E-state index contributed by atoms with van der Waals surface area (Å²) in [6, 6.07) is 0.0861. The summed E-state index contributed by atoms with van der Waals surface area (Å²) in [5.74, 6) is 0. The molecule has 2 unspecified atom stereocenters. The molecule has 0 aliphatic carbocycles. The minimum absolute atomic E-state index is 0. The zero-order valence-electron chi connectivity index (χ0n) is 9.99. The Morgan fingerprint density at radius 1 is 1.40 bits per heavy atom. The maximum absolute atomic E-state index is 9.71. The van der Waals surface area contributed by atoms with Crippen LogP contribution in [0.4, 0.5) is 0 Å². The number of likely N-dealkylation sites (N-methyl/N-ethyl adjacent to an activating group) is 1. The van der Waals surface area contributed by atoms with Crippen LogP contribution in [0.2, 0.25) is 0 Å². The van der Waals surface area contributed by atoms with E-state index in [4.69, 9.17) is 5.11 Å². The van der Waals surface area contributed by atoms with E-state index in [1.807, 2.05) is 6.08 Å². The van der Waals surface area contributed by atoms with Crippen LogP contribution in [-0.4, -0.2) is 54.1 Å². The zero-order chi connectivity index (χ0) is 11.2. The predicted molar refractivity (Wildman–Crippen MR) is 59.0 cm³/mol. The van der Waals surface area contributed by atoms with Gasteiger partial charge in [0.15, 0.2) is 0 Å². The van der Waals surface area contributed by atoms with Gasteiger partial charge in [-0.2, -0.15) is 0 Å². The largest absolute Gasteiger partial charge is 1.00 e. The molecule has 0 aliphatic rings. The molecule has 0 bridgehead atoms. The second kappa shape index (κ2) is 8.11. The van der Waals surface area contributed by atoms with Crippen LogP contribution in [0.15, 0.2) is 12.7 Å². The molecule has 0 aromatic rings. The van der Waals surface area contributed by atoms with Crippen molar-refractivity contribution in [3.63, 3.8) is 0 Å². The lowest BCUT2D eigenvalue weighted by Gasteiger charge is -2.39.